The molecule has 1 aliphatic rings. The van der Waals surface area contributed by atoms with Gasteiger partial charge >= 0.3 is 0 Å². The highest BCUT2D eigenvalue weighted by Gasteiger charge is 2.46. The minimum atomic E-state index is -0.255. The highest BCUT2D eigenvalue weighted by atomic mass is 16.5. The van der Waals surface area contributed by atoms with Crippen molar-refractivity contribution in [2.24, 2.45) is 11.3 Å². The summed E-state index contributed by atoms with van der Waals surface area (Å²) in [6, 6.07) is 0. The van der Waals surface area contributed by atoms with Crippen molar-refractivity contribution in [1.29, 1.82) is 0 Å². The first kappa shape index (κ1) is 10.7. The maximum absolute atomic E-state index is 11.5. The Labute approximate surface area is 80.7 Å². The van der Waals surface area contributed by atoms with Crippen molar-refractivity contribution in [1.82, 2.24) is 0 Å². The number of carbonyl (C=O) groups is 1. The summed E-state index contributed by atoms with van der Waals surface area (Å²) in [5, 5.41) is 0. The minimum absolute atomic E-state index is 0.0670. The monoisotopic (exact) mass is 184 g/mol. The summed E-state index contributed by atoms with van der Waals surface area (Å²) in [5.41, 5.74) is -0.255. The third-order valence-electron chi connectivity index (χ3n) is 3.45. The molecule has 1 saturated heterocycles. The Kier molecular flexibility index (Phi) is 2.81. The molecule has 0 amide bonds. The molecule has 1 rings (SSSR count). The van der Waals surface area contributed by atoms with Gasteiger partial charge in [-0.1, -0.05) is 20.8 Å². The molecule has 0 spiro atoms. The van der Waals surface area contributed by atoms with Gasteiger partial charge in [0, 0.05) is 0 Å². The van der Waals surface area contributed by atoms with Gasteiger partial charge in [-0.3, -0.25) is 4.79 Å². The average molecular weight is 184 g/mol. The van der Waals surface area contributed by atoms with Crippen LogP contribution < -0.4 is 0 Å². The lowest BCUT2D eigenvalue weighted by molar-refractivity contribution is -0.128. The molecule has 0 aliphatic carbocycles. The van der Waals surface area contributed by atoms with Crippen LogP contribution in [0.1, 0.15) is 41.0 Å². The van der Waals surface area contributed by atoms with Gasteiger partial charge in [-0.05, 0) is 26.2 Å². The lowest BCUT2D eigenvalue weighted by Crippen LogP contribution is -2.32. The molecule has 76 valence electrons. The number of hydrogen-bond donors (Lipinski definition) is 0. The molecule has 13 heavy (non-hydrogen) atoms. The summed E-state index contributed by atoms with van der Waals surface area (Å²) in [6.07, 6.45) is 1.20. The first-order chi connectivity index (χ1) is 5.88. The Bertz CT molecular complexity index is 210. The van der Waals surface area contributed by atoms with Crippen LogP contribution >= 0.6 is 0 Å². The van der Waals surface area contributed by atoms with Crippen LogP contribution in [0.15, 0.2) is 0 Å². The van der Waals surface area contributed by atoms with Crippen LogP contribution in [0.25, 0.3) is 0 Å². The molecule has 1 aliphatic heterocycles. The number of Topliss-reactive ketones (excluding diaryl/α,β-unsaturated/α-hetero) is 1. The molecule has 0 aromatic heterocycles. The van der Waals surface area contributed by atoms with Crippen molar-refractivity contribution in [3.8, 4) is 0 Å². The second-order valence-corrected chi connectivity index (χ2v) is 4.74. The van der Waals surface area contributed by atoms with Crippen molar-refractivity contribution in [3.63, 3.8) is 0 Å². The van der Waals surface area contributed by atoms with E-state index in [2.05, 4.69) is 13.8 Å². The molecule has 2 nitrogen and oxygen atoms in total. The van der Waals surface area contributed by atoms with Crippen LogP contribution in [0, 0.1) is 11.3 Å². The minimum Gasteiger partial charge on any atom is -0.374 e. The average Bonchev–Trinajstić information content (AvgIpc) is 2.30. The van der Waals surface area contributed by atoms with E-state index in [0.29, 0.717) is 5.92 Å². The van der Waals surface area contributed by atoms with E-state index in [1.54, 1.807) is 6.92 Å². The summed E-state index contributed by atoms with van der Waals surface area (Å²) < 4.78 is 5.78. The number of rotatable bonds is 2. The van der Waals surface area contributed by atoms with Crippen molar-refractivity contribution in [2.45, 2.75) is 53.2 Å². The molecule has 0 N–H and O–H groups in total. The number of ketones is 1. The third kappa shape index (κ3) is 1.78. The van der Waals surface area contributed by atoms with E-state index in [-0.39, 0.29) is 23.4 Å². The van der Waals surface area contributed by atoms with Crippen molar-refractivity contribution in [3.05, 3.63) is 0 Å². The van der Waals surface area contributed by atoms with E-state index in [0.717, 1.165) is 6.42 Å². The van der Waals surface area contributed by atoms with Gasteiger partial charge < -0.3 is 4.74 Å². The maximum atomic E-state index is 11.5. The molecule has 3 atom stereocenters. The molecule has 0 aromatic rings. The van der Waals surface area contributed by atoms with Crippen LogP contribution in [-0.2, 0) is 9.53 Å². The highest BCUT2D eigenvalue weighted by Crippen LogP contribution is 2.41. The van der Waals surface area contributed by atoms with Gasteiger partial charge in [0.15, 0.2) is 0 Å². The summed E-state index contributed by atoms with van der Waals surface area (Å²) in [4.78, 5) is 11.5. The normalized spacial score (nSPS) is 39.8. The molecule has 0 bridgehead atoms. The molecule has 0 radical (unpaired) electrons. The van der Waals surface area contributed by atoms with E-state index in [9.17, 15) is 4.79 Å². The van der Waals surface area contributed by atoms with Gasteiger partial charge in [0.05, 0.1) is 17.6 Å². The van der Waals surface area contributed by atoms with E-state index in [4.69, 9.17) is 4.74 Å². The Morgan fingerprint density at radius 3 is 2.31 bits per heavy atom. The first-order valence-corrected chi connectivity index (χ1v) is 5.04. The van der Waals surface area contributed by atoms with Gasteiger partial charge in [-0.15, -0.1) is 0 Å². The first-order valence-electron chi connectivity index (χ1n) is 5.04. The van der Waals surface area contributed by atoms with Gasteiger partial charge in [0.2, 0.25) is 0 Å². The second-order valence-electron chi connectivity index (χ2n) is 4.74. The fourth-order valence-corrected chi connectivity index (χ4v) is 1.87. The Morgan fingerprint density at radius 2 is 2.08 bits per heavy atom. The highest BCUT2D eigenvalue weighted by molar-refractivity contribution is 5.82. The SMILES string of the molecule is CC(=O)[C@]1(C)C[C@H](C(C)C)O[C@@H]1C. The third-order valence-corrected chi connectivity index (χ3v) is 3.45. The lowest BCUT2D eigenvalue weighted by Gasteiger charge is -2.23. The number of carbonyl (C=O) groups excluding carboxylic acids is 1. The Hall–Kier alpha value is -0.370. The fraction of sp³-hybridized carbons (Fsp3) is 0.909. The van der Waals surface area contributed by atoms with Crippen LogP contribution in [0.4, 0.5) is 0 Å². The Morgan fingerprint density at radius 1 is 1.54 bits per heavy atom. The molecule has 0 saturated carbocycles. The predicted octanol–water partition coefficient (Wildman–Crippen LogP) is 2.42. The molecular formula is C11H20O2. The van der Waals surface area contributed by atoms with E-state index < -0.39 is 0 Å². The molecule has 2 heteroatoms. The van der Waals surface area contributed by atoms with E-state index in [1.165, 1.54) is 0 Å². The molecule has 0 unspecified atom stereocenters. The van der Waals surface area contributed by atoms with Crippen LogP contribution in [0.5, 0.6) is 0 Å². The van der Waals surface area contributed by atoms with Gasteiger partial charge in [0.1, 0.15) is 5.78 Å². The molecule has 1 fully saturated rings. The molecule has 1 heterocycles. The maximum Gasteiger partial charge on any atom is 0.138 e. The zero-order valence-electron chi connectivity index (χ0n) is 9.26. The van der Waals surface area contributed by atoms with Gasteiger partial charge in [-0.2, -0.15) is 0 Å². The molecular weight excluding hydrogens is 164 g/mol. The number of hydrogen-bond acceptors (Lipinski definition) is 2. The Balaban J connectivity index is 2.76. The van der Waals surface area contributed by atoms with Gasteiger partial charge in [-0.25, -0.2) is 0 Å². The summed E-state index contributed by atoms with van der Waals surface area (Å²) in [5.74, 6) is 0.756. The summed E-state index contributed by atoms with van der Waals surface area (Å²) in [6.45, 7) is 9.97. The van der Waals surface area contributed by atoms with Crippen LogP contribution in [0.3, 0.4) is 0 Å². The van der Waals surface area contributed by atoms with Crippen molar-refractivity contribution in [2.75, 3.05) is 0 Å². The zero-order chi connectivity index (χ0) is 10.2. The summed E-state index contributed by atoms with van der Waals surface area (Å²) >= 11 is 0. The second kappa shape index (κ2) is 3.41. The van der Waals surface area contributed by atoms with Crippen molar-refractivity contribution < 1.29 is 9.53 Å². The predicted molar refractivity (Wildman–Crippen MR) is 52.6 cm³/mol. The smallest absolute Gasteiger partial charge is 0.138 e. The van der Waals surface area contributed by atoms with E-state index >= 15 is 0 Å². The quantitative estimate of drug-likeness (QED) is 0.658. The van der Waals surface area contributed by atoms with Crippen LogP contribution in [-0.4, -0.2) is 18.0 Å². The zero-order valence-corrected chi connectivity index (χ0v) is 9.26. The van der Waals surface area contributed by atoms with Crippen LogP contribution in [0.2, 0.25) is 0 Å². The topological polar surface area (TPSA) is 26.3 Å². The fourth-order valence-electron chi connectivity index (χ4n) is 1.87. The molecule has 0 aromatic carbocycles. The van der Waals surface area contributed by atoms with Gasteiger partial charge in [0.25, 0.3) is 0 Å². The lowest BCUT2D eigenvalue weighted by atomic mass is 9.78. The van der Waals surface area contributed by atoms with Crippen molar-refractivity contribution >= 4 is 5.78 Å². The number of ether oxygens (including phenoxy) is 1. The van der Waals surface area contributed by atoms with E-state index in [1.807, 2.05) is 13.8 Å². The largest absolute Gasteiger partial charge is 0.374 e. The standard InChI is InChI=1S/C11H20O2/c1-7(2)10-6-11(5,8(3)12)9(4)13-10/h7,9-10H,6H2,1-5H3/t9-,10-,11+/m1/s1. The summed E-state index contributed by atoms with van der Waals surface area (Å²) in [7, 11) is 0.